The number of unbranched alkanes of at least 4 members (excludes halogenated alkanes) is 2. The highest BCUT2D eigenvalue weighted by Gasteiger charge is 2.20. The van der Waals surface area contributed by atoms with Crippen LogP contribution in [0.25, 0.3) is 0 Å². The van der Waals surface area contributed by atoms with Crippen LogP contribution in [0.5, 0.6) is 0 Å². The van der Waals surface area contributed by atoms with Crippen LogP contribution in [-0.4, -0.2) is 35.6 Å². The third-order valence-electron chi connectivity index (χ3n) is 2.71. The molecule has 0 aromatic carbocycles. The summed E-state index contributed by atoms with van der Waals surface area (Å²) in [6.07, 6.45) is 2.72. The molecule has 5 N–H and O–H groups in total. The minimum atomic E-state index is -0.809. The normalized spacial score (nSPS) is 11.9. The zero-order chi connectivity index (χ0) is 15.5. The second-order valence-corrected chi connectivity index (χ2v) is 5.19. The van der Waals surface area contributed by atoms with E-state index in [1.54, 1.807) is 0 Å². The number of nitrogens with two attached hydrogens (primary N) is 1. The average molecular weight is 287 g/mol. The van der Waals surface area contributed by atoms with Crippen molar-refractivity contribution in [3.05, 3.63) is 0 Å². The van der Waals surface area contributed by atoms with Crippen LogP contribution in [0.2, 0.25) is 0 Å². The van der Waals surface area contributed by atoms with E-state index in [9.17, 15) is 14.4 Å². The first kappa shape index (κ1) is 18.2. The van der Waals surface area contributed by atoms with Gasteiger partial charge in [0.2, 0.25) is 5.91 Å². The quantitative estimate of drug-likeness (QED) is 0.444. The highest BCUT2D eigenvalue weighted by Crippen LogP contribution is 2.05. The molecule has 0 rings (SSSR count). The molecule has 0 aromatic heterocycles. The van der Waals surface area contributed by atoms with Gasteiger partial charge < -0.3 is 21.5 Å². The lowest BCUT2D eigenvalue weighted by molar-refractivity contribution is -0.137. The van der Waals surface area contributed by atoms with Gasteiger partial charge in [0.1, 0.15) is 6.04 Å². The summed E-state index contributed by atoms with van der Waals surface area (Å²) in [6, 6.07) is -1.33. The van der Waals surface area contributed by atoms with Crippen molar-refractivity contribution in [2.75, 3.05) is 6.54 Å². The molecule has 0 aliphatic rings. The van der Waals surface area contributed by atoms with Gasteiger partial charge >= 0.3 is 12.0 Å². The van der Waals surface area contributed by atoms with Gasteiger partial charge in [0.05, 0.1) is 0 Å². The monoisotopic (exact) mass is 287 g/mol. The summed E-state index contributed by atoms with van der Waals surface area (Å²) < 4.78 is 0. The lowest BCUT2D eigenvalue weighted by Crippen LogP contribution is -2.49. The Morgan fingerprint density at radius 3 is 2.30 bits per heavy atom. The van der Waals surface area contributed by atoms with Gasteiger partial charge in [-0.2, -0.15) is 0 Å². The number of nitrogens with one attached hydrogen (secondary N) is 2. The van der Waals surface area contributed by atoms with Crippen LogP contribution in [0, 0.1) is 5.92 Å². The molecule has 116 valence electrons. The fraction of sp³-hybridized carbons (Fsp3) is 0.769. The van der Waals surface area contributed by atoms with Gasteiger partial charge in [-0.15, -0.1) is 0 Å². The molecule has 20 heavy (non-hydrogen) atoms. The van der Waals surface area contributed by atoms with Crippen molar-refractivity contribution in [1.82, 2.24) is 10.6 Å². The molecule has 0 aliphatic heterocycles. The average Bonchev–Trinajstić information content (AvgIpc) is 2.30. The Balaban J connectivity index is 3.94. The Bertz CT molecular complexity index is 332. The third kappa shape index (κ3) is 10.2. The number of hydrogen-bond acceptors (Lipinski definition) is 3. The first-order chi connectivity index (χ1) is 9.32. The number of aliphatic carboxylic acids is 1. The fourth-order valence-corrected chi connectivity index (χ4v) is 1.79. The predicted molar refractivity (Wildman–Crippen MR) is 75.1 cm³/mol. The molecule has 0 spiro atoms. The molecular weight excluding hydrogens is 262 g/mol. The molecule has 7 heteroatoms. The maximum absolute atomic E-state index is 11.9. The van der Waals surface area contributed by atoms with Gasteiger partial charge in [0.15, 0.2) is 0 Å². The number of urea groups is 1. The first-order valence-electron chi connectivity index (χ1n) is 6.88. The number of carboxylic acids is 1. The van der Waals surface area contributed by atoms with Crippen LogP contribution in [0.4, 0.5) is 4.79 Å². The van der Waals surface area contributed by atoms with Gasteiger partial charge in [0.25, 0.3) is 0 Å². The first-order valence-corrected chi connectivity index (χ1v) is 6.88. The number of rotatable bonds is 10. The summed E-state index contributed by atoms with van der Waals surface area (Å²) in [4.78, 5) is 33.0. The van der Waals surface area contributed by atoms with E-state index >= 15 is 0 Å². The van der Waals surface area contributed by atoms with E-state index in [2.05, 4.69) is 10.6 Å². The Hall–Kier alpha value is -1.79. The molecule has 7 nitrogen and oxygen atoms in total. The Morgan fingerprint density at radius 2 is 1.80 bits per heavy atom. The zero-order valence-corrected chi connectivity index (χ0v) is 12.1. The summed E-state index contributed by atoms with van der Waals surface area (Å²) in [6.45, 7) is 4.37. The minimum Gasteiger partial charge on any atom is -0.481 e. The molecule has 0 aliphatic carbocycles. The van der Waals surface area contributed by atoms with Crippen LogP contribution in [0.1, 0.15) is 46.0 Å². The van der Waals surface area contributed by atoms with Gasteiger partial charge in [-0.1, -0.05) is 20.3 Å². The molecule has 0 bridgehead atoms. The molecule has 0 saturated heterocycles. The standard InChI is InChI=1S/C13H25N3O4/c1-9(2)8-10(16-13(14)20)12(19)15-7-5-3-4-6-11(17)18/h9-10H,3-8H2,1-2H3,(H,15,19)(H,17,18)(H3,14,16,20). The molecule has 0 aromatic rings. The maximum Gasteiger partial charge on any atom is 0.312 e. The largest absolute Gasteiger partial charge is 0.481 e. The van der Waals surface area contributed by atoms with Crippen molar-refractivity contribution >= 4 is 17.9 Å². The van der Waals surface area contributed by atoms with E-state index in [1.807, 2.05) is 13.8 Å². The smallest absolute Gasteiger partial charge is 0.312 e. The van der Waals surface area contributed by atoms with E-state index in [1.165, 1.54) is 0 Å². The second kappa shape index (κ2) is 10.1. The van der Waals surface area contributed by atoms with Crippen molar-refractivity contribution in [3.8, 4) is 0 Å². The van der Waals surface area contributed by atoms with E-state index in [0.717, 1.165) is 6.42 Å². The SMILES string of the molecule is CC(C)CC(NC(N)=O)C(=O)NCCCCCC(=O)O. The van der Waals surface area contributed by atoms with Crippen LogP contribution in [-0.2, 0) is 9.59 Å². The number of primary amides is 1. The number of hydrogen-bond donors (Lipinski definition) is 4. The van der Waals surface area contributed by atoms with Crippen LogP contribution >= 0.6 is 0 Å². The van der Waals surface area contributed by atoms with E-state index < -0.39 is 18.0 Å². The summed E-state index contributed by atoms with van der Waals surface area (Å²) in [5.74, 6) is -0.805. The molecule has 3 amide bonds. The lowest BCUT2D eigenvalue weighted by Gasteiger charge is -2.19. The number of carboxylic acid groups (broad SMARTS) is 1. The predicted octanol–water partition coefficient (Wildman–Crippen LogP) is 0.831. The second-order valence-electron chi connectivity index (χ2n) is 5.19. The summed E-state index contributed by atoms with van der Waals surface area (Å²) in [5, 5.41) is 13.6. The Morgan fingerprint density at radius 1 is 1.15 bits per heavy atom. The minimum absolute atomic E-state index is 0.146. The molecule has 1 atom stereocenters. The van der Waals surface area contributed by atoms with Crippen LogP contribution < -0.4 is 16.4 Å². The molecule has 0 saturated carbocycles. The maximum atomic E-state index is 11.9. The van der Waals surface area contributed by atoms with Crippen molar-refractivity contribution in [1.29, 1.82) is 0 Å². The number of amides is 3. The lowest BCUT2D eigenvalue weighted by atomic mass is 10.0. The van der Waals surface area contributed by atoms with Crippen molar-refractivity contribution < 1.29 is 19.5 Å². The molecule has 0 heterocycles. The van der Waals surface area contributed by atoms with Gasteiger partial charge in [-0.3, -0.25) is 9.59 Å². The van der Waals surface area contributed by atoms with Gasteiger partial charge in [-0.25, -0.2) is 4.79 Å². The fourth-order valence-electron chi connectivity index (χ4n) is 1.79. The summed E-state index contributed by atoms with van der Waals surface area (Å²) in [7, 11) is 0. The third-order valence-corrected chi connectivity index (χ3v) is 2.71. The molecule has 1 unspecified atom stereocenters. The Kier molecular flexibility index (Phi) is 9.15. The van der Waals surface area contributed by atoms with Crippen molar-refractivity contribution in [2.24, 2.45) is 11.7 Å². The molecule has 0 radical (unpaired) electrons. The molecule has 0 fully saturated rings. The van der Waals surface area contributed by atoms with Crippen LogP contribution in [0.3, 0.4) is 0 Å². The zero-order valence-electron chi connectivity index (χ0n) is 12.1. The van der Waals surface area contributed by atoms with E-state index in [4.69, 9.17) is 10.8 Å². The highest BCUT2D eigenvalue weighted by molar-refractivity contribution is 5.86. The van der Waals surface area contributed by atoms with Crippen molar-refractivity contribution in [2.45, 2.75) is 52.0 Å². The molecular formula is C13H25N3O4. The Labute approximate surface area is 119 Å². The highest BCUT2D eigenvalue weighted by atomic mass is 16.4. The van der Waals surface area contributed by atoms with E-state index in [-0.39, 0.29) is 18.2 Å². The summed E-state index contributed by atoms with van der Waals surface area (Å²) >= 11 is 0. The van der Waals surface area contributed by atoms with Gasteiger partial charge in [-0.05, 0) is 25.2 Å². The van der Waals surface area contributed by atoms with Crippen LogP contribution in [0.15, 0.2) is 0 Å². The topological polar surface area (TPSA) is 122 Å². The summed E-state index contributed by atoms with van der Waals surface area (Å²) in [5.41, 5.74) is 5.04. The van der Waals surface area contributed by atoms with E-state index in [0.29, 0.717) is 25.8 Å². The number of carbonyl (C=O) groups is 3. The van der Waals surface area contributed by atoms with Gasteiger partial charge in [0, 0.05) is 13.0 Å². The number of carbonyl (C=O) groups excluding carboxylic acids is 2. The van der Waals surface area contributed by atoms with Crippen molar-refractivity contribution in [3.63, 3.8) is 0 Å².